The van der Waals surface area contributed by atoms with Crippen molar-refractivity contribution < 1.29 is 18.3 Å². The minimum Gasteiger partial charge on any atom is -0.421 e. The van der Waals surface area contributed by atoms with Gasteiger partial charge in [0.05, 0.1) is 0 Å². The molecule has 0 aromatic carbocycles. The third kappa shape index (κ3) is 1.72. The van der Waals surface area contributed by atoms with Crippen LogP contribution < -0.4 is 9.64 Å². The van der Waals surface area contributed by atoms with Crippen LogP contribution in [0.5, 0.6) is 5.75 Å². The second-order valence-electron chi connectivity index (χ2n) is 3.14. The number of hydrogen-bond acceptors (Lipinski definition) is 3. The highest BCUT2D eigenvalue weighted by atomic mass is 127. The third-order valence-electron chi connectivity index (χ3n) is 2.10. The van der Waals surface area contributed by atoms with Crippen LogP contribution in [0.1, 0.15) is 6.92 Å². The lowest BCUT2D eigenvalue weighted by molar-refractivity contribution is -0.193. The van der Waals surface area contributed by atoms with Gasteiger partial charge in [-0.1, -0.05) is 0 Å². The molecule has 4 nitrogen and oxygen atoms in total. The van der Waals surface area contributed by atoms with Crippen molar-refractivity contribution in [2.75, 3.05) is 11.4 Å². The van der Waals surface area contributed by atoms with Crippen molar-refractivity contribution in [1.29, 1.82) is 0 Å². The number of pyridine rings is 1. The van der Waals surface area contributed by atoms with E-state index in [1.807, 2.05) is 22.6 Å². The van der Waals surface area contributed by atoms with Crippen LogP contribution in [0, 0.1) is 3.57 Å². The van der Waals surface area contributed by atoms with Gasteiger partial charge in [-0.3, -0.25) is 9.69 Å². The maximum atomic E-state index is 13.2. The molecule has 86 valence electrons. The van der Waals surface area contributed by atoms with Crippen molar-refractivity contribution in [3.63, 3.8) is 0 Å². The van der Waals surface area contributed by atoms with E-state index < -0.39 is 12.0 Å². The molecule has 1 aromatic heterocycles. The first-order chi connectivity index (χ1) is 7.45. The first-order valence-corrected chi connectivity index (χ1v) is 5.58. The Morgan fingerprint density at radius 3 is 2.94 bits per heavy atom. The molecule has 0 fully saturated rings. The van der Waals surface area contributed by atoms with Crippen molar-refractivity contribution in [1.82, 2.24) is 4.98 Å². The summed E-state index contributed by atoms with van der Waals surface area (Å²) in [7, 11) is 0. The number of carbonyl (C=O) groups is 1. The number of carbonyl (C=O) groups excluding carboxylic acids is 1. The third-order valence-corrected chi connectivity index (χ3v) is 2.69. The van der Waals surface area contributed by atoms with E-state index in [0.29, 0.717) is 3.57 Å². The Hall–Kier alpha value is -0.990. The Morgan fingerprint density at radius 2 is 2.31 bits per heavy atom. The smallest absolute Gasteiger partial charge is 0.421 e. The lowest BCUT2D eigenvalue weighted by Crippen LogP contribution is -2.51. The molecule has 2 heterocycles. The Morgan fingerprint density at radius 1 is 1.62 bits per heavy atom. The second kappa shape index (κ2) is 3.79. The number of likely N-dealkylation sites (N-methyl/N-ethyl adjacent to an activating group) is 1. The summed E-state index contributed by atoms with van der Waals surface area (Å²) >= 11 is 1.93. The van der Waals surface area contributed by atoms with Gasteiger partial charge >= 0.3 is 12.0 Å². The molecule has 0 spiro atoms. The van der Waals surface area contributed by atoms with Gasteiger partial charge in [-0.25, -0.2) is 4.98 Å². The molecule has 1 aliphatic heterocycles. The Kier molecular flexibility index (Phi) is 2.72. The minimum atomic E-state index is -3.81. The number of aromatic nitrogens is 1. The Bertz CT molecular complexity index is 453. The molecule has 0 radical (unpaired) electrons. The minimum absolute atomic E-state index is 0.0710. The van der Waals surface area contributed by atoms with Gasteiger partial charge in [-0.05, 0) is 35.6 Å². The number of ether oxygens (including phenoxy) is 1. The number of halogens is 3. The summed E-state index contributed by atoms with van der Waals surface area (Å²) in [4.78, 5) is 16.2. The number of rotatable bonds is 1. The highest BCUT2D eigenvalue weighted by Gasteiger charge is 2.50. The molecule has 0 unspecified atom stereocenters. The van der Waals surface area contributed by atoms with Crippen LogP contribution in [0.3, 0.4) is 0 Å². The van der Waals surface area contributed by atoms with Crippen LogP contribution in [0.15, 0.2) is 12.3 Å². The number of fused-ring (bicyclic) bond motifs is 1. The van der Waals surface area contributed by atoms with Crippen molar-refractivity contribution in [2.24, 2.45) is 0 Å². The number of nitrogens with zero attached hydrogens (tertiary/aromatic N) is 2. The van der Waals surface area contributed by atoms with E-state index in [1.165, 1.54) is 12.3 Å². The monoisotopic (exact) mass is 340 g/mol. The number of alkyl halides is 2. The largest absolute Gasteiger partial charge is 0.483 e. The van der Waals surface area contributed by atoms with Gasteiger partial charge in [0.1, 0.15) is 0 Å². The Labute approximate surface area is 104 Å². The highest BCUT2D eigenvalue weighted by molar-refractivity contribution is 14.1. The highest BCUT2D eigenvalue weighted by Crippen LogP contribution is 2.38. The van der Waals surface area contributed by atoms with Crippen LogP contribution in [-0.4, -0.2) is 23.5 Å². The van der Waals surface area contributed by atoms with Crippen LogP contribution >= 0.6 is 22.6 Å². The quantitative estimate of drug-likeness (QED) is 0.735. The molecule has 0 saturated carbocycles. The van der Waals surface area contributed by atoms with Gasteiger partial charge in [0.15, 0.2) is 11.6 Å². The summed E-state index contributed by atoms with van der Waals surface area (Å²) in [6, 6.07) is 1.42. The zero-order valence-corrected chi connectivity index (χ0v) is 10.4. The van der Waals surface area contributed by atoms with E-state index in [0.717, 1.165) is 4.90 Å². The normalized spacial score (nSPS) is 18.0. The molecular formula is C9H7F2IN2O2. The number of hydrogen-bond donors (Lipinski definition) is 0. The summed E-state index contributed by atoms with van der Waals surface area (Å²) in [5, 5.41) is 0. The van der Waals surface area contributed by atoms with Crippen molar-refractivity contribution in [3.05, 3.63) is 15.8 Å². The maximum absolute atomic E-state index is 13.2. The molecule has 0 N–H and O–H groups in total. The van der Waals surface area contributed by atoms with E-state index in [9.17, 15) is 13.6 Å². The fraction of sp³-hybridized carbons (Fsp3) is 0.333. The topological polar surface area (TPSA) is 42.4 Å². The van der Waals surface area contributed by atoms with Crippen LogP contribution in [-0.2, 0) is 4.79 Å². The van der Waals surface area contributed by atoms with Crippen molar-refractivity contribution >= 4 is 34.3 Å². The van der Waals surface area contributed by atoms with Gasteiger partial charge in [-0.2, -0.15) is 8.78 Å². The molecule has 16 heavy (non-hydrogen) atoms. The SMILES string of the molecule is CCN1C(=O)C(F)(F)Oc2cc(I)cnc21. The molecule has 1 amide bonds. The molecule has 0 saturated heterocycles. The maximum Gasteiger partial charge on any atom is 0.483 e. The fourth-order valence-corrected chi connectivity index (χ4v) is 1.84. The van der Waals surface area contributed by atoms with E-state index >= 15 is 0 Å². The van der Waals surface area contributed by atoms with Gasteiger partial charge in [-0.15, -0.1) is 0 Å². The number of amides is 1. The zero-order valence-electron chi connectivity index (χ0n) is 8.21. The fourth-order valence-electron chi connectivity index (χ4n) is 1.42. The van der Waals surface area contributed by atoms with Gasteiger partial charge in [0, 0.05) is 16.3 Å². The lowest BCUT2D eigenvalue weighted by atomic mass is 10.3. The van der Waals surface area contributed by atoms with E-state index in [-0.39, 0.29) is 18.1 Å². The molecule has 1 aromatic rings. The molecule has 2 rings (SSSR count). The molecule has 1 aliphatic rings. The summed E-state index contributed by atoms with van der Waals surface area (Å²) in [6.07, 6.45) is -2.32. The van der Waals surface area contributed by atoms with Gasteiger partial charge in [0.2, 0.25) is 0 Å². The van der Waals surface area contributed by atoms with Crippen LogP contribution in [0.2, 0.25) is 0 Å². The molecule has 7 heteroatoms. The van der Waals surface area contributed by atoms with Crippen molar-refractivity contribution in [3.8, 4) is 5.75 Å². The standard InChI is InChI=1S/C9H7F2IN2O2/c1-2-14-7-6(3-5(12)4-13-7)16-9(10,11)8(14)15/h3-4H,2H2,1H3. The predicted octanol–water partition coefficient (Wildman–Crippen LogP) is 2.02. The van der Waals surface area contributed by atoms with Gasteiger partial charge < -0.3 is 4.74 Å². The number of anilines is 1. The summed E-state index contributed by atoms with van der Waals surface area (Å²) < 4.78 is 31.4. The summed E-state index contributed by atoms with van der Waals surface area (Å²) in [5.41, 5.74) is 0. The Balaban J connectivity index is 2.55. The summed E-state index contributed by atoms with van der Waals surface area (Å²) in [5.74, 6) is -1.31. The van der Waals surface area contributed by atoms with E-state index in [1.54, 1.807) is 6.92 Å². The lowest BCUT2D eigenvalue weighted by Gasteiger charge is -2.31. The second-order valence-corrected chi connectivity index (χ2v) is 4.39. The molecule has 0 bridgehead atoms. The van der Waals surface area contributed by atoms with E-state index in [4.69, 9.17) is 0 Å². The first kappa shape index (κ1) is 11.5. The molecule has 0 atom stereocenters. The predicted molar refractivity (Wildman–Crippen MR) is 60.6 cm³/mol. The zero-order chi connectivity index (χ0) is 11.9. The van der Waals surface area contributed by atoms with Gasteiger partial charge in [0.25, 0.3) is 0 Å². The first-order valence-electron chi connectivity index (χ1n) is 4.50. The average molecular weight is 340 g/mol. The van der Waals surface area contributed by atoms with Crippen LogP contribution in [0.25, 0.3) is 0 Å². The average Bonchev–Trinajstić information content (AvgIpc) is 2.20. The molecular weight excluding hydrogens is 333 g/mol. The molecule has 0 aliphatic carbocycles. The van der Waals surface area contributed by atoms with Crippen LogP contribution in [0.4, 0.5) is 14.6 Å². The van der Waals surface area contributed by atoms with E-state index in [2.05, 4.69) is 9.72 Å². The summed E-state index contributed by atoms with van der Waals surface area (Å²) in [6.45, 7) is 1.72. The van der Waals surface area contributed by atoms with Crippen molar-refractivity contribution in [2.45, 2.75) is 13.0 Å².